The number of allylic oxidation sites excluding steroid dienone is 3. The molecule has 10 nitrogen and oxygen atoms in total. The third-order valence-electron chi connectivity index (χ3n) is 9.64. The molecule has 0 unspecified atom stereocenters. The summed E-state index contributed by atoms with van der Waals surface area (Å²) < 4.78 is 11.1. The van der Waals surface area contributed by atoms with Crippen molar-refractivity contribution in [3.63, 3.8) is 0 Å². The molecule has 0 radical (unpaired) electrons. The van der Waals surface area contributed by atoms with Gasteiger partial charge in [-0.15, -0.1) is 0 Å². The molecule has 8 atom stereocenters. The van der Waals surface area contributed by atoms with Gasteiger partial charge in [0, 0.05) is 0 Å². The highest BCUT2D eigenvalue weighted by Gasteiger charge is 2.44. The van der Waals surface area contributed by atoms with Gasteiger partial charge in [0.05, 0.1) is 25.4 Å². The molecule has 10 heteroatoms. The zero-order valence-corrected chi connectivity index (χ0v) is 31.5. The summed E-state index contributed by atoms with van der Waals surface area (Å²) in [7, 11) is 0. The second-order valence-electron chi connectivity index (χ2n) is 14.2. The summed E-state index contributed by atoms with van der Waals surface area (Å²) in [5.74, 6) is -0.628. The summed E-state index contributed by atoms with van der Waals surface area (Å²) >= 11 is 0. The lowest BCUT2D eigenvalue weighted by atomic mass is 9.99. The molecule has 1 heterocycles. The van der Waals surface area contributed by atoms with Gasteiger partial charge in [-0.05, 0) is 32.1 Å². The zero-order chi connectivity index (χ0) is 36.8. The number of carbonyl (C=O) groups excluding carboxylic acids is 1. The van der Waals surface area contributed by atoms with Crippen molar-refractivity contribution in [3.05, 3.63) is 24.3 Å². The average Bonchev–Trinajstić information content (AvgIpc) is 3.11. The first-order valence-corrected chi connectivity index (χ1v) is 20.2. The third-order valence-corrected chi connectivity index (χ3v) is 9.64. The number of aliphatic hydroxyl groups excluding tert-OH is 6. The molecule has 1 saturated heterocycles. The van der Waals surface area contributed by atoms with Gasteiger partial charge in [-0.2, -0.15) is 0 Å². The van der Waals surface area contributed by atoms with Crippen LogP contribution in [0.1, 0.15) is 162 Å². The van der Waals surface area contributed by atoms with Crippen LogP contribution in [0.5, 0.6) is 0 Å². The minimum Gasteiger partial charge on any atom is -0.394 e. The molecule has 0 aromatic rings. The van der Waals surface area contributed by atoms with Crippen LogP contribution in [-0.2, 0) is 14.3 Å². The van der Waals surface area contributed by atoms with Crippen molar-refractivity contribution < 1.29 is 44.9 Å². The number of unbranched alkanes of at least 4 members (excludes halogenated alkanes) is 19. The summed E-state index contributed by atoms with van der Waals surface area (Å²) in [6.45, 7) is 3.54. The number of aliphatic hydroxyl groups is 6. The largest absolute Gasteiger partial charge is 0.394 e. The van der Waals surface area contributed by atoms with Gasteiger partial charge >= 0.3 is 0 Å². The van der Waals surface area contributed by atoms with Crippen molar-refractivity contribution in [2.24, 2.45) is 0 Å². The second-order valence-corrected chi connectivity index (χ2v) is 14.2. The zero-order valence-electron chi connectivity index (χ0n) is 31.5. The van der Waals surface area contributed by atoms with E-state index in [1.54, 1.807) is 6.08 Å². The summed E-state index contributed by atoms with van der Waals surface area (Å²) in [4.78, 5) is 12.9. The number of hydrogen-bond acceptors (Lipinski definition) is 9. The molecule has 1 amide bonds. The molecule has 1 aliphatic rings. The van der Waals surface area contributed by atoms with Crippen LogP contribution < -0.4 is 5.32 Å². The van der Waals surface area contributed by atoms with Crippen LogP contribution in [0.3, 0.4) is 0 Å². The maximum atomic E-state index is 12.9. The van der Waals surface area contributed by atoms with Crippen LogP contribution in [0.25, 0.3) is 0 Å². The van der Waals surface area contributed by atoms with E-state index in [-0.39, 0.29) is 6.61 Å². The molecule has 294 valence electrons. The Kier molecular flexibility index (Phi) is 29.1. The van der Waals surface area contributed by atoms with E-state index in [0.29, 0.717) is 19.3 Å². The van der Waals surface area contributed by atoms with Gasteiger partial charge in [0.2, 0.25) is 5.91 Å². The number of carbonyl (C=O) groups is 1. The highest BCUT2D eigenvalue weighted by atomic mass is 16.7. The first kappa shape index (κ1) is 46.7. The van der Waals surface area contributed by atoms with Gasteiger partial charge in [-0.25, -0.2) is 0 Å². The van der Waals surface area contributed by atoms with Crippen molar-refractivity contribution in [1.29, 1.82) is 0 Å². The van der Waals surface area contributed by atoms with Crippen LogP contribution in [0, 0.1) is 0 Å². The predicted octanol–water partition coefficient (Wildman–Crippen LogP) is 6.13. The number of hydrogen-bond donors (Lipinski definition) is 7. The van der Waals surface area contributed by atoms with Gasteiger partial charge in [0.15, 0.2) is 6.29 Å². The Morgan fingerprint density at radius 3 is 1.74 bits per heavy atom. The van der Waals surface area contributed by atoms with Gasteiger partial charge in [-0.1, -0.05) is 154 Å². The van der Waals surface area contributed by atoms with E-state index >= 15 is 0 Å². The van der Waals surface area contributed by atoms with E-state index in [4.69, 9.17) is 9.47 Å². The van der Waals surface area contributed by atoms with Crippen LogP contribution in [0.4, 0.5) is 0 Å². The maximum Gasteiger partial charge on any atom is 0.249 e. The fourth-order valence-electron chi connectivity index (χ4n) is 6.24. The SMILES string of the molecule is CCCCCCCCC/C=C/CC/C=C\[C@@H](O)[C@H](CO[C@@H]1O[C@H](CO)[C@@H](O)[C@H](O)[C@H]1O)NC(=O)[C@H](O)CCCCCCCCCCCCCC. The molecule has 0 bridgehead atoms. The minimum absolute atomic E-state index is 0.306. The van der Waals surface area contributed by atoms with E-state index < -0.39 is 61.5 Å². The molecule has 0 spiro atoms. The van der Waals surface area contributed by atoms with Crippen molar-refractivity contribution >= 4 is 5.91 Å². The van der Waals surface area contributed by atoms with Crippen molar-refractivity contribution in [2.45, 2.75) is 210 Å². The predicted molar refractivity (Wildman–Crippen MR) is 199 cm³/mol. The van der Waals surface area contributed by atoms with E-state index in [2.05, 4.69) is 31.3 Å². The number of rotatable bonds is 32. The van der Waals surface area contributed by atoms with Gasteiger partial charge in [0.1, 0.15) is 30.5 Å². The number of amides is 1. The Morgan fingerprint density at radius 1 is 0.680 bits per heavy atom. The average molecular weight is 714 g/mol. The topological polar surface area (TPSA) is 169 Å². The molecule has 0 aromatic heterocycles. The summed E-state index contributed by atoms with van der Waals surface area (Å²) in [5, 5.41) is 64.3. The van der Waals surface area contributed by atoms with Gasteiger partial charge in [0.25, 0.3) is 0 Å². The van der Waals surface area contributed by atoms with Crippen LogP contribution in [-0.4, -0.2) is 98.7 Å². The molecule has 0 aromatic carbocycles. The van der Waals surface area contributed by atoms with E-state index in [1.165, 1.54) is 96.3 Å². The Morgan fingerprint density at radius 2 is 1.18 bits per heavy atom. The van der Waals surface area contributed by atoms with Crippen molar-refractivity contribution in [1.82, 2.24) is 5.32 Å². The fraction of sp³-hybridized carbons (Fsp3) is 0.875. The highest BCUT2D eigenvalue weighted by Crippen LogP contribution is 2.22. The maximum absolute atomic E-state index is 12.9. The van der Waals surface area contributed by atoms with E-state index in [9.17, 15) is 35.4 Å². The monoisotopic (exact) mass is 714 g/mol. The molecule has 0 saturated carbocycles. The normalized spacial score (nSPS) is 23.1. The molecular formula is C40H75NO9. The fourth-order valence-corrected chi connectivity index (χ4v) is 6.24. The van der Waals surface area contributed by atoms with Gasteiger partial charge in [-0.3, -0.25) is 4.79 Å². The highest BCUT2D eigenvalue weighted by molar-refractivity contribution is 5.80. The molecule has 50 heavy (non-hydrogen) atoms. The van der Waals surface area contributed by atoms with Crippen LogP contribution >= 0.6 is 0 Å². The molecule has 1 aliphatic heterocycles. The minimum atomic E-state index is -1.61. The van der Waals surface area contributed by atoms with Crippen molar-refractivity contribution in [3.8, 4) is 0 Å². The first-order chi connectivity index (χ1) is 24.3. The van der Waals surface area contributed by atoms with E-state index in [1.807, 2.05) is 6.08 Å². The Balaban J connectivity index is 2.54. The lowest BCUT2D eigenvalue weighted by Gasteiger charge is -2.40. The number of nitrogens with one attached hydrogen (secondary N) is 1. The molecule has 0 aliphatic carbocycles. The molecule has 7 N–H and O–H groups in total. The standard InChI is InChI=1S/C40H75NO9/c1-3-5-7-9-11-13-15-17-19-20-22-24-26-28-33(43)32(31-49-40-38(47)37(46)36(45)35(30-42)50-40)41-39(48)34(44)29-27-25-23-21-18-16-14-12-10-8-6-4-2/h19-20,26,28,32-38,40,42-47H,3-18,21-25,27,29-31H2,1-2H3,(H,41,48)/b20-19+,28-26-/t32-,33+,34+,35+,36+,37-,38+,40+/m0/s1. The van der Waals surface area contributed by atoms with E-state index in [0.717, 1.165) is 32.1 Å². The third kappa shape index (κ3) is 21.9. The summed E-state index contributed by atoms with van der Waals surface area (Å²) in [6.07, 6.45) is 24.1. The molecule has 1 rings (SSSR count). The Labute approximate surface area is 303 Å². The summed E-state index contributed by atoms with van der Waals surface area (Å²) in [5.41, 5.74) is 0. The second kappa shape index (κ2) is 31.2. The molecular weight excluding hydrogens is 638 g/mol. The Bertz CT molecular complexity index is 855. The lowest BCUT2D eigenvalue weighted by Crippen LogP contribution is -2.60. The number of ether oxygens (including phenoxy) is 2. The van der Waals surface area contributed by atoms with Crippen LogP contribution in [0.2, 0.25) is 0 Å². The Hall–Kier alpha value is -1.37. The molecule has 1 fully saturated rings. The summed E-state index contributed by atoms with van der Waals surface area (Å²) in [6, 6.07) is -0.990. The smallest absolute Gasteiger partial charge is 0.249 e. The lowest BCUT2D eigenvalue weighted by molar-refractivity contribution is -0.302. The van der Waals surface area contributed by atoms with Crippen LogP contribution in [0.15, 0.2) is 24.3 Å². The quantitative estimate of drug-likeness (QED) is 0.0320. The van der Waals surface area contributed by atoms with Crippen molar-refractivity contribution in [2.75, 3.05) is 13.2 Å². The van der Waals surface area contributed by atoms with Gasteiger partial charge < -0.3 is 45.4 Å². The first-order valence-electron chi connectivity index (χ1n) is 20.2.